The topological polar surface area (TPSA) is 51.1 Å². The summed E-state index contributed by atoms with van der Waals surface area (Å²) in [5.74, 6) is 1.14. The number of rotatable bonds is 4. The van der Waals surface area contributed by atoms with E-state index in [0.717, 1.165) is 37.3 Å². The molecule has 0 radical (unpaired) electrons. The summed E-state index contributed by atoms with van der Waals surface area (Å²) in [5.41, 5.74) is 1.97. The number of hydrogen-bond donors (Lipinski definition) is 0. The number of aryl methyl sites for hydroxylation is 1. The molecule has 3 heterocycles. The van der Waals surface area contributed by atoms with Crippen molar-refractivity contribution < 1.29 is 4.74 Å². The van der Waals surface area contributed by atoms with Crippen LogP contribution in [0.2, 0.25) is 5.02 Å². The highest BCUT2D eigenvalue weighted by atomic mass is 35.5. The van der Waals surface area contributed by atoms with Crippen molar-refractivity contribution in [2.24, 2.45) is 5.92 Å². The number of ether oxygens (including phenoxy) is 1. The molecule has 0 N–H and O–H groups in total. The van der Waals surface area contributed by atoms with Gasteiger partial charge in [0.25, 0.3) is 0 Å². The Balaban J connectivity index is 1.50. The summed E-state index contributed by atoms with van der Waals surface area (Å²) in [7, 11) is 0. The average Bonchev–Trinajstić information content (AvgIpc) is 2.55. The zero-order valence-corrected chi connectivity index (χ0v) is 13.3. The summed E-state index contributed by atoms with van der Waals surface area (Å²) in [6.07, 6.45) is 5.64. The molecule has 0 unspecified atom stereocenters. The van der Waals surface area contributed by atoms with Crippen LogP contribution in [-0.4, -0.2) is 34.9 Å². The third kappa shape index (κ3) is 3.65. The van der Waals surface area contributed by atoms with Crippen LogP contribution < -0.4 is 9.64 Å². The third-order valence-electron chi connectivity index (χ3n) is 3.95. The summed E-state index contributed by atoms with van der Waals surface area (Å²) in [4.78, 5) is 6.34. The molecule has 3 rings (SSSR count). The molecular formula is C16H19ClN4O. The van der Waals surface area contributed by atoms with Gasteiger partial charge in [0.15, 0.2) is 0 Å². The lowest BCUT2D eigenvalue weighted by Crippen LogP contribution is -2.35. The minimum Gasteiger partial charge on any atom is -0.476 e. The SMILES string of the molecule is Cc1ccc(OCC2CCN(c3ccncc3Cl)CC2)nn1. The molecule has 5 nitrogen and oxygen atoms in total. The minimum atomic E-state index is 0.542. The fraction of sp³-hybridized carbons (Fsp3) is 0.438. The number of nitrogens with zero attached hydrogens (tertiary/aromatic N) is 4. The van der Waals surface area contributed by atoms with Gasteiger partial charge < -0.3 is 9.64 Å². The van der Waals surface area contributed by atoms with Crippen LogP contribution in [0, 0.1) is 12.8 Å². The molecule has 0 atom stereocenters. The van der Waals surface area contributed by atoms with Gasteiger partial charge >= 0.3 is 0 Å². The predicted octanol–water partition coefficient (Wildman–Crippen LogP) is 3.13. The Bertz CT molecular complexity index is 612. The Morgan fingerprint density at radius 1 is 1.23 bits per heavy atom. The second kappa shape index (κ2) is 6.92. The quantitative estimate of drug-likeness (QED) is 0.867. The van der Waals surface area contributed by atoms with Crippen molar-refractivity contribution in [2.45, 2.75) is 19.8 Å². The molecule has 0 aliphatic carbocycles. The van der Waals surface area contributed by atoms with E-state index in [1.807, 2.05) is 25.1 Å². The largest absolute Gasteiger partial charge is 0.476 e. The lowest BCUT2D eigenvalue weighted by Gasteiger charge is -2.33. The molecule has 0 aromatic carbocycles. The van der Waals surface area contributed by atoms with E-state index in [1.54, 1.807) is 12.4 Å². The summed E-state index contributed by atoms with van der Waals surface area (Å²) in [5, 5.41) is 8.75. The molecule has 0 bridgehead atoms. The molecule has 1 fully saturated rings. The first-order chi connectivity index (χ1) is 10.7. The zero-order valence-electron chi connectivity index (χ0n) is 12.6. The molecular weight excluding hydrogens is 300 g/mol. The van der Waals surface area contributed by atoms with Crippen LogP contribution >= 0.6 is 11.6 Å². The molecule has 2 aromatic rings. The van der Waals surface area contributed by atoms with Crippen LogP contribution in [0.4, 0.5) is 5.69 Å². The Kier molecular flexibility index (Phi) is 4.73. The van der Waals surface area contributed by atoms with Gasteiger partial charge in [-0.2, -0.15) is 5.10 Å². The number of pyridine rings is 1. The Hall–Kier alpha value is -1.88. The summed E-state index contributed by atoms with van der Waals surface area (Å²) in [6, 6.07) is 5.76. The number of hydrogen-bond acceptors (Lipinski definition) is 5. The maximum Gasteiger partial charge on any atom is 0.233 e. The monoisotopic (exact) mass is 318 g/mol. The Labute approximate surface area is 135 Å². The standard InChI is InChI=1S/C16H19ClN4O/c1-12-2-3-16(20-19-12)22-11-13-5-8-21(9-6-13)15-4-7-18-10-14(15)17/h2-4,7,10,13H,5-6,8-9,11H2,1H3. The molecule has 0 amide bonds. The van der Waals surface area contributed by atoms with Gasteiger partial charge in [-0.25, -0.2) is 0 Å². The van der Waals surface area contributed by atoms with Crippen LogP contribution in [0.5, 0.6) is 5.88 Å². The minimum absolute atomic E-state index is 0.542. The van der Waals surface area contributed by atoms with Gasteiger partial charge in [0, 0.05) is 31.5 Å². The van der Waals surface area contributed by atoms with Crippen LogP contribution in [0.1, 0.15) is 18.5 Å². The van der Waals surface area contributed by atoms with E-state index < -0.39 is 0 Å². The number of piperidine rings is 1. The lowest BCUT2D eigenvalue weighted by atomic mass is 9.97. The van der Waals surface area contributed by atoms with E-state index in [0.29, 0.717) is 23.4 Å². The molecule has 1 aliphatic heterocycles. The maximum absolute atomic E-state index is 6.20. The van der Waals surface area contributed by atoms with Gasteiger partial charge in [0.05, 0.1) is 23.0 Å². The molecule has 2 aromatic heterocycles. The van der Waals surface area contributed by atoms with E-state index in [1.165, 1.54) is 0 Å². The summed E-state index contributed by atoms with van der Waals surface area (Å²) >= 11 is 6.20. The van der Waals surface area contributed by atoms with Gasteiger partial charge in [-0.05, 0) is 37.8 Å². The van der Waals surface area contributed by atoms with E-state index in [4.69, 9.17) is 16.3 Å². The van der Waals surface area contributed by atoms with Gasteiger partial charge in [0.2, 0.25) is 5.88 Å². The normalized spacial score (nSPS) is 15.8. The Morgan fingerprint density at radius 3 is 2.73 bits per heavy atom. The average molecular weight is 319 g/mol. The molecule has 0 saturated carbocycles. The predicted molar refractivity (Wildman–Crippen MR) is 86.4 cm³/mol. The highest BCUT2D eigenvalue weighted by Gasteiger charge is 2.21. The first-order valence-corrected chi connectivity index (χ1v) is 7.88. The van der Waals surface area contributed by atoms with Crippen molar-refractivity contribution in [3.8, 4) is 5.88 Å². The van der Waals surface area contributed by atoms with Crippen molar-refractivity contribution in [2.75, 3.05) is 24.6 Å². The molecule has 1 aliphatic rings. The molecule has 22 heavy (non-hydrogen) atoms. The summed E-state index contributed by atoms with van der Waals surface area (Å²) in [6.45, 7) is 4.57. The second-order valence-corrected chi connectivity index (χ2v) is 5.99. The smallest absolute Gasteiger partial charge is 0.233 e. The third-order valence-corrected chi connectivity index (χ3v) is 4.24. The first kappa shape index (κ1) is 15.0. The highest BCUT2D eigenvalue weighted by molar-refractivity contribution is 6.33. The van der Waals surface area contributed by atoms with Crippen LogP contribution in [0.3, 0.4) is 0 Å². The molecule has 116 valence electrons. The van der Waals surface area contributed by atoms with E-state index in [9.17, 15) is 0 Å². The first-order valence-electron chi connectivity index (χ1n) is 7.50. The zero-order chi connectivity index (χ0) is 15.4. The van der Waals surface area contributed by atoms with Gasteiger partial charge in [0.1, 0.15) is 0 Å². The number of halogens is 1. The van der Waals surface area contributed by atoms with E-state index >= 15 is 0 Å². The van der Waals surface area contributed by atoms with Crippen LogP contribution in [0.25, 0.3) is 0 Å². The lowest BCUT2D eigenvalue weighted by molar-refractivity contribution is 0.214. The van der Waals surface area contributed by atoms with Crippen LogP contribution in [-0.2, 0) is 0 Å². The van der Waals surface area contributed by atoms with Gasteiger partial charge in [-0.15, -0.1) is 5.10 Å². The Morgan fingerprint density at radius 2 is 2.05 bits per heavy atom. The number of aromatic nitrogens is 3. The molecule has 0 spiro atoms. The molecule has 6 heteroatoms. The number of anilines is 1. The van der Waals surface area contributed by atoms with Crippen LogP contribution in [0.15, 0.2) is 30.6 Å². The van der Waals surface area contributed by atoms with Gasteiger partial charge in [-0.3, -0.25) is 4.98 Å². The van der Waals surface area contributed by atoms with Crippen molar-refractivity contribution in [3.63, 3.8) is 0 Å². The second-order valence-electron chi connectivity index (χ2n) is 5.58. The van der Waals surface area contributed by atoms with E-state index in [2.05, 4.69) is 20.1 Å². The fourth-order valence-electron chi connectivity index (χ4n) is 2.63. The van der Waals surface area contributed by atoms with Gasteiger partial charge in [-0.1, -0.05) is 11.6 Å². The molecule has 1 saturated heterocycles. The maximum atomic E-state index is 6.20. The van der Waals surface area contributed by atoms with Crippen molar-refractivity contribution in [1.82, 2.24) is 15.2 Å². The fourth-order valence-corrected chi connectivity index (χ4v) is 2.87. The van der Waals surface area contributed by atoms with Crippen molar-refractivity contribution in [1.29, 1.82) is 0 Å². The van der Waals surface area contributed by atoms with Crippen molar-refractivity contribution in [3.05, 3.63) is 41.3 Å². The summed E-state index contributed by atoms with van der Waals surface area (Å²) < 4.78 is 5.74. The highest BCUT2D eigenvalue weighted by Crippen LogP contribution is 2.28. The van der Waals surface area contributed by atoms with E-state index in [-0.39, 0.29) is 0 Å². The van der Waals surface area contributed by atoms with Crippen molar-refractivity contribution >= 4 is 17.3 Å².